The van der Waals surface area contributed by atoms with Crippen molar-refractivity contribution in [2.75, 3.05) is 5.32 Å². The van der Waals surface area contributed by atoms with Gasteiger partial charge in [-0.15, -0.1) is 10.2 Å². The monoisotopic (exact) mass is 302 g/mol. The van der Waals surface area contributed by atoms with Gasteiger partial charge in [-0.1, -0.05) is 11.6 Å². The largest absolute Gasteiger partial charge is 0.362 e. The molecule has 3 aromatic rings. The molecule has 0 bridgehead atoms. The number of nitrogens with zero attached hydrogens (tertiary/aromatic N) is 5. The molecule has 0 atom stereocenters. The molecule has 1 N–H and O–H groups in total. The van der Waals surface area contributed by atoms with Crippen molar-refractivity contribution < 1.29 is 0 Å². The van der Waals surface area contributed by atoms with Crippen LogP contribution in [0.2, 0.25) is 5.02 Å². The molecule has 7 heteroatoms. The van der Waals surface area contributed by atoms with Crippen LogP contribution < -0.4 is 5.32 Å². The first-order valence-corrected chi connectivity index (χ1v) is 7.05. The van der Waals surface area contributed by atoms with Crippen molar-refractivity contribution >= 4 is 28.3 Å². The topological polar surface area (TPSA) is 68.5 Å². The van der Waals surface area contributed by atoms with Crippen molar-refractivity contribution in [3.63, 3.8) is 0 Å². The quantitative estimate of drug-likeness (QED) is 0.802. The van der Waals surface area contributed by atoms with Crippen LogP contribution in [0.1, 0.15) is 25.7 Å². The SMILES string of the molecule is CC(C)n1cnnc1CNc1ncnc2cc(Cl)ccc12. The summed E-state index contributed by atoms with van der Waals surface area (Å²) >= 11 is 5.98. The molecule has 2 aromatic heterocycles. The average molecular weight is 303 g/mol. The molecule has 0 unspecified atom stereocenters. The van der Waals surface area contributed by atoms with Gasteiger partial charge < -0.3 is 9.88 Å². The van der Waals surface area contributed by atoms with Crippen LogP contribution in [0.25, 0.3) is 10.9 Å². The Morgan fingerprint density at radius 3 is 2.95 bits per heavy atom. The maximum Gasteiger partial charge on any atom is 0.152 e. The molecule has 21 heavy (non-hydrogen) atoms. The van der Waals surface area contributed by atoms with E-state index in [4.69, 9.17) is 11.6 Å². The van der Waals surface area contributed by atoms with E-state index in [1.807, 2.05) is 22.8 Å². The Bertz CT molecular complexity index is 767. The number of benzene rings is 1. The van der Waals surface area contributed by atoms with E-state index in [1.165, 1.54) is 6.33 Å². The van der Waals surface area contributed by atoms with E-state index in [1.54, 1.807) is 6.33 Å². The minimum atomic E-state index is 0.317. The van der Waals surface area contributed by atoms with Gasteiger partial charge in [0, 0.05) is 16.5 Å². The van der Waals surface area contributed by atoms with E-state index in [9.17, 15) is 0 Å². The van der Waals surface area contributed by atoms with Crippen molar-refractivity contribution in [2.24, 2.45) is 0 Å². The molecule has 0 radical (unpaired) electrons. The molecular weight excluding hydrogens is 288 g/mol. The summed E-state index contributed by atoms with van der Waals surface area (Å²) in [6, 6.07) is 5.88. The van der Waals surface area contributed by atoms with Gasteiger partial charge in [0.25, 0.3) is 0 Å². The van der Waals surface area contributed by atoms with Crippen molar-refractivity contribution in [3.8, 4) is 0 Å². The highest BCUT2D eigenvalue weighted by molar-refractivity contribution is 6.31. The molecule has 6 nitrogen and oxygen atoms in total. The Morgan fingerprint density at radius 2 is 2.14 bits per heavy atom. The number of rotatable bonds is 4. The molecule has 3 rings (SSSR count). The molecule has 0 saturated heterocycles. The van der Waals surface area contributed by atoms with Crippen molar-refractivity contribution in [1.29, 1.82) is 0 Å². The number of hydrogen-bond donors (Lipinski definition) is 1. The summed E-state index contributed by atoms with van der Waals surface area (Å²) in [5.74, 6) is 1.63. The van der Waals surface area contributed by atoms with Gasteiger partial charge in [-0.25, -0.2) is 9.97 Å². The Morgan fingerprint density at radius 1 is 1.29 bits per heavy atom. The van der Waals surface area contributed by atoms with Gasteiger partial charge in [0.15, 0.2) is 5.82 Å². The lowest BCUT2D eigenvalue weighted by molar-refractivity contribution is 0.572. The van der Waals surface area contributed by atoms with Crippen LogP contribution in [0.15, 0.2) is 30.9 Å². The standard InChI is InChI=1S/C14H15ClN6/c1-9(2)21-8-19-20-13(21)6-16-14-11-4-3-10(15)5-12(11)17-7-18-14/h3-5,7-9H,6H2,1-2H3,(H,16,17,18). The number of nitrogens with one attached hydrogen (secondary N) is 1. The highest BCUT2D eigenvalue weighted by Crippen LogP contribution is 2.22. The first-order chi connectivity index (χ1) is 10.1. The molecular formula is C14H15ClN6. The van der Waals surface area contributed by atoms with Crippen LogP contribution in [0.4, 0.5) is 5.82 Å². The van der Waals surface area contributed by atoms with E-state index >= 15 is 0 Å². The fraction of sp³-hybridized carbons (Fsp3) is 0.286. The van der Waals surface area contributed by atoms with E-state index in [-0.39, 0.29) is 0 Å². The zero-order valence-electron chi connectivity index (χ0n) is 11.8. The minimum Gasteiger partial charge on any atom is -0.362 e. The zero-order valence-corrected chi connectivity index (χ0v) is 12.5. The summed E-state index contributed by atoms with van der Waals surface area (Å²) < 4.78 is 2.02. The fourth-order valence-electron chi connectivity index (χ4n) is 2.16. The van der Waals surface area contributed by atoms with Gasteiger partial charge >= 0.3 is 0 Å². The van der Waals surface area contributed by atoms with Crippen LogP contribution >= 0.6 is 11.6 Å². The highest BCUT2D eigenvalue weighted by atomic mass is 35.5. The first-order valence-electron chi connectivity index (χ1n) is 6.67. The van der Waals surface area contributed by atoms with Gasteiger partial charge in [-0.05, 0) is 32.0 Å². The molecule has 0 fully saturated rings. The van der Waals surface area contributed by atoms with Crippen LogP contribution in [0.3, 0.4) is 0 Å². The number of anilines is 1. The predicted molar refractivity (Wildman–Crippen MR) is 82.3 cm³/mol. The van der Waals surface area contributed by atoms with Crippen LogP contribution in [0.5, 0.6) is 0 Å². The normalized spacial score (nSPS) is 11.2. The van der Waals surface area contributed by atoms with Gasteiger partial charge in [-0.3, -0.25) is 0 Å². The van der Waals surface area contributed by atoms with Crippen LogP contribution in [0, 0.1) is 0 Å². The van der Waals surface area contributed by atoms with Crippen LogP contribution in [-0.4, -0.2) is 24.7 Å². The summed E-state index contributed by atoms with van der Waals surface area (Å²) in [4.78, 5) is 8.51. The highest BCUT2D eigenvalue weighted by Gasteiger charge is 2.09. The first kappa shape index (κ1) is 13.8. The lowest BCUT2D eigenvalue weighted by atomic mass is 10.2. The van der Waals surface area contributed by atoms with E-state index in [0.29, 0.717) is 17.6 Å². The van der Waals surface area contributed by atoms with Gasteiger partial charge in [0.05, 0.1) is 12.1 Å². The predicted octanol–water partition coefficient (Wildman–Crippen LogP) is 3.07. The molecule has 0 aliphatic rings. The Kier molecular flexibility index (Phi) is 3.70. The summed E-state index contributed by atoms with van der Waals surface area (Å²) in [6.45, 7) is 4.73. The van der Waals surface area contributed by atoms with Crippen molar-refractivity contribution in [2.45, 2.75) is 26.4 Å². The molecule has 0 spiro atoms. The maximum atomic E-state index is 5.98. The third-order valence-corrected chi connectivity index (χ3v) is 3.45. The van der Waals surface area contributed by atoms with E-state index in [0.717, 1.165) is 22.5 Å². The summed E-state index contributed by atoms with van der Waals surface area (Å²) in [5.41, 5.74) is 0.810. The third-order valence-electron chi connectivity index (χ3n) is 3.22. The fourth-order valence-corrected chi connectivity index (χ4v) is 2.32. The minimum absolute atomic E-state index is 0.317. The Balaban J connectivity index is 1.87. The molecule has 0 saturated carbocycles. The molecule has 108 valence electrons. The molecule has 2 heterocycles. The second kappa shape index (κ2) is 5.65. The number of halogens is 1. The number of hydrogen-bond acceptors (Lipinski definition) is 5. The Hall–Kier alpha value is -2.21. The molecule has 0 amide bonds. The zero-order chi connectivity index (χ0) is 14.8. The Labute approximate surface area is 127 Å². The summed E-state index contributed by atoms with van der Waals surface area (Å²) in [7, 11) is 0. The average Bonchev–Trinajstić information content (AvgIpc) is 2.93. The second-order valence-corrected chi connectivity index (χ2v) is 5.42. The number of aromatic nitrogens is 5. The van der Waals surface area contributed by atoms with Gasteiger partial charge in [-0.2, -0.15) is 0 Å². The smallest absolute Gasteiger partial charge is 0.152 e. The molecule has 0 aliphatic heterocycles. The van der Waals surface area contributed by atoms with Crippen LogP contribution in [-0.2, 0) is 6.54 Å². The molecule has 0 aliphatic carbocycles. The van der Waals surface area contributed by atoms with E-state index in [2.05, 4.69) is 39.3 Å². The second-order valence-electron chi connectivity index (χ2n) is 4.99. The van der Waals surface area contributed by atoms with E-state index < -0.39 is 0 Å². The van der Waals surface area contributed by atoms with Crippen molar-refractivity contribution in [1.82, 2.24) is 24.7 Å². The lowest BCUT2D eigenvalue weighted by Gasteiger charge is -2.11. The van der Waals surface area contributed by atoms with Crippen molar-refractivity contribution in [3.05, 3.63) is 41.7 Å². The van der Waals surface area contributed by atoms with Gasteiger partial charge in [0.2, 0.25) is 0 Å². The third kappa shape index (κ3) is 2.80. The van der Waals surface area contributed by atoms with Gasteiger partial charge in [0.1, 0.15) is 18.5 Å². The summed E-state index contributed by atoms with van der Waals surface area (Å²) in [6.07, 6.45) is 3.26. The maximum absolute atomic E-state index is 5.98. The lowest BCUT2D eigenvalue weighted by Crippen LogP contribution is -2.11. The summed E-state index contributed by atoms with van der Waals surface area (Å²) in [5, 5.41) is 13.0. The number of fused-ring (bicyclic) bond motifs is 1. The molecule has 1 aromatic carbocycles.